The van der Waals surface area contributed by atoms with Crippen LogP contribution in [0.15, 0.2) is 47.1 Å². The number of nitrogens with zero attached hydrogens (tertiary/aromatic N) is 1. The Hall–Kier alpha value is -1.99. The molecule has 0 saturated heterocycles. The zero-order valence-corrected chi connectivity index (χ0v) is 14.9. The van der Waals surface area contributed by atoms with Gasteiger partial charge in [0.2, 0.25) is 0 Å². The Morgan fingerprint density at radius 1 is 1.26 bits per heavy atom. The summed E-state index contributed by atoms with van der Waals surface area (Å²) < 4.78 is 6.34. The van der Waals surface area contributed by atoms with Crippen LogP contribution in [-0.4, -0.2) is 22.6 Å². The highest BCUT2D eigenvalue weighted by molar-refractivity contribution is 9.10. The molecular weight excluding hydrogens is 378 g/mol. The molecule has 23 heavy (non-hydrogen) atoms. The molecule has 1 heterocycles. The van der Waals surface area contributed by atoms with Crippen LogP contribution in [0.2, 0.25) is 0 Å². The molecular formula is C16H16BrN3O2S. The van der Waals surface area contributed by atoms with E-state index >= 15 is 0 Å². The molecule has 1 aromatic heterocycles. The third kappa shape index (κ3) is 5.61. The molecule has 0 fully saturated rings. The summed E-state index contributed by atoms with van der Waals surface area (Å²) in [7, 11) is 0. The van der Waals surface area contributed by atoms with Crippen molar-refractivity contribution in [2.75, 3.05) is 11.9 Å². The molecule has 0 unspecified atom stereocenters. The minimum absolute atomic E-state index is 0.191. The Kier molecular flexibility index (Phi) is 6.49. The van der Waals surface area contributed by atoms with Gasteiger partial charge in [-0.25, -0.2) is 4.98 Å². The first kappa shape index (κ1) is 17.4. The lowest BCUT2D eigenvalue weighted by Gasteiger charge is -2.09. The van der Waals surface area contributed by atoms with Gasteiger partial charge in [-0.2, -0.15) is 0 Å². The summed E-state index contributed by atoms with van der Waals surface area (Å²) in [5.41, 5.74) is 0.502. The molecule has 0 bridgehead atoms. The van der Waals surface area contributed by atoms with Gasteiger partial charge in [-0.05, 0) is 71.0 Å². The molecule has 120 valence electrons. The number of amides is 1. The fourth-order valence-electron chi connectivity index (χ4n) is 1.70. The Morgan fingerprint density at radius 3 is 2.61 bits per heavy atom. The lowest BCUT2D eigenvalue weighted by Crippen LogP contribution is -2.34. The van der Waals surface area contributed by atoms with E-state index in [0.717, 1.165) is 16.6 Å². The van der Waals surface area contributed by atoms with Gasteiger partial charge in [0.1, 0.15) is 11.6 Å². The van der Waals surface area contributed by atoms with Crippen molar-refractivity contribution in [2.45, 2.75) is 13.3 Å². The highest BCUT2D eigenvalue weighted by Gasteiger charge is 2.08. The number of aromatic nitrogens is 1. The quantitative estimate of drug-likeness (QED) is 0.757. The summed E-state index contributed by atoms with van der Waals surface area (Å²) in [6, 6.07) is 10.5. The maximum absolute atomic E-state index is 12.1. The van der Waals surface area contributed by atoms with Crippen LogP contribution in [0.1, 0.15) is 23.7 Å². The second-order valence-corrected chi connectivity index (χ2v) is 5.97. The second-order valence-electron chi connectivity index (χ2n) is 4.64. The average molecular weight is 394 g/mol. The molecule has 1 amide bonds. The van der Waals surface area contributed by atoms with Gasteiger partial charge in [0.25, 0.3) is 5.91 Å². The zero-order valence-electron chi connectivity index (χ0n) is 12.5. The number of anilines is 1. The van der Waals surface area contributed by atoms with Crippen molar-refractivity contribution in [1.29, 1.82) is 0 Å². The van der Waals surface area contributed by atoms with Crippen molar-refractivity contribution in [3.05, 3.63) is 52.6 Å². The van der Waals surface area contributed by atoms with Crippen LogP contribution < -0.4 is 15.4 Å². The number of nitrogens with one attached hydrogen (secondary N) is 2. The molecule has 0 saturated carbocycles. The first-order valence-corrected chi connectivity index (χ1v) is 8.25. The lowest BCUT2D eigenvalue weighted by atomic mass is 10.2. The van der Waals surface area contributed by atoms with Gasteiger partial charge < -0.3 is 10.1 Å². The van der Waals surface area contributed by atoms with Gasteiger partial charge in [0.15, 0.2) is 5.11 Å². The zero-order chi connectivity index (χ0) is 16.7. The first-order valence-electron chi connectivity index (χ1n) is 7.05. The van der Waals surface area contributed by atoms with E-state index in [1.165, 1.54) is 0 Å². The molecule has 5 nitrogen and oxygen atoms in total. The number of carbonyl (C=O) groups excluding carboxylic acids is 1. The molecule has 0 atom stereocenters. The number of carbonyl (C=O) groups is 1. The monoisotopic (exact) mass is 393 g/mol. The van der Waals surface area contributed by atoms with Gasteiger partial charge in [-0.15, -0.1) is 0 Å². The largest absolute Gasteiger partial charge is 0.494 e. The van der Waals surface area contributed by atoms with E-state index in [1.807, 2.05) is 13.0 Å². The third-order valence-electron chi connectivity index (χ3n) is 2.79. The topological polar surface area (TPSA) is 63.2 Å². The molecule has 2 aromatic rings. The van der Waals surface area contributed by atoms with Gasteiger partial charge in [-0.3, -0.25) is 10.1 Å². The smallest absolute Gasteiger partial charge is 0.257 e. The number of ether oxygens (including phenoxy) is 1. The SMILES string of the molecule is CCCOc1ccc(C(=O)NC(=S)Nc2ccc(Br)cn2)cc1. The minimum atomic E-state index is -0.290. The third-order valence-corrected chi connectivity index (χ3v) is 3.46. The van der Waals surface area contributed by atoms with Crippen molar-refractivity contribution in [1.82, 2.24) is 10.3 Å². The summed E-state index contributed by atoms with van der Waals surface area (Å²) in [6.45, 7) is 2.69. The molecule has 0 aliphatic rings. The van der Waals surface area contributed by atoms with Crippen molar-refractivity contribution in [3.8, 4) is 5.75 Å². The Balaban J connectivity index is 1.90. The van der Waals surface area contributed by atoms with Crippen molar-refractivity contribution in [2.24, 2.45) is 0 Å². The van der Waals surface area contributed by atoms with Gasteiger partial charge >= 0.3 is 0 Å². The number of hydrogen-bond donors (Lipinski definition) is 2. The van der Waals surface area contributed by atoms with Gasteiger partial charge in [-0.1, -0.05) is 6.92 Å². The summed E-state index contributed by atoms with van der Waals surface area (Å²) >= 11 is 8.41. The Bertz CT molecular complexity index is 675. The number of halogens is 1. The summed E-state index contributed by atoms with van der Waals surface area (Å²) in [5, 5.41) is 5.65. The fraction of sp³-hybridized carbons (Fsp3) is 0.188. The average Bonchev–Trinajstić information content (AvgIpc) is 2.55. The summed E-state index contributed by atoms with van der Waals surface area (Å²) in [6.07, 6.45) is 2.58. The van der Waals surface area contributed by atoms with Crippen LogP contribution in [0.25, 0.3) is 0 Å². The minimum Gasteiger partial charge on any atom is -0.494 e. The molecule has 2 N–H and O–H groups in total. The van der Waals surface area contributed by atoms with Crippen molar-refractivity contribution < 1.29 is 9.53 Å². The molecule has 0 aliphatic carbocycles. The van der Waals surface area contributed by atoms with E-state index < -0.39 is 0 Å². The van der Waals surface area contributed by atoms with Crippen LogP contribution >= 0.6 is 28.1 Å². The lowest BCUT2D eigenvalue weighted by molar-refractivity contribution is 0.0977. The number of rotatable bonds is 5. The van der Waals surface area contributed by atoms with E-state index in [9.17, 15) is 4.79 Å². The van der Waals surface area contributed by atoms with Crippen LogP contribution in [0.3, 0.4) is 0 Å². The van der Waals surface area contributed by atoms with Crippen LogP contribution in [0.5, 0.6) is 5.75 Å². The number of thiocarbonyl (C=S) groups is 1. The molecule has 2 rings (SSSR count). The normalized spacial score (nSPS) is 10.0. The Morgan fingerprint density at radius 2 is 2.00 bits per heavy atom. The van der Waals surface area contributed by atoms with Crippen LogP contribution in [-0.2, 0) is 0 Å². The van der Waals surface area contributed by atoms with E-state index in [4.69, 9.17) is 17.0 Å². The predicted molar refractivity (Wildman–Crippen MR) is 97.9 cm³/mol. The summed E-state index contributed by atoms with van der Waals surface area (Å²) in [4.78, 5) is 16.2. The maximum atomic E-state index is 12.1. The van der Waals surface area contributed by atoms with Crippen LogP contribution in [0, 0.1) is 0 Å². The molecule has 0 spiro atoms. The number of benzene rings is 1. The highest BCUT2D eigenvalue weighted by Crippen LogP contribution is 2.13. The number of hydrogen-bond acceptors (Lipinski definition) is 4. The molecule has 7 heteroatoms. The van der Waals surface area contributed by atoms with Gasteiger partial charge in [0.05, 0.1) is 6.61 Å². The number of pyridine rings is 1. The summed E-state index contributed by atoms with van der Waals surface area (Å²) in [5.74, 6) is 1.01. The van der Waals surface area contributed by atoms with Gasteiger partial charge in [0, 0.05) is 16.2 Å². The van der Waals surface area contributed by atoms with E-state index in [-0.39, 0.29) is 11.0 Å². The first-order chi connectivity index (χ1) is 11.1. The van der Waals surface area contributed by atoms with Crippen LogP contribution in [0.4, 0.5) is 5.82 Å². The predicted octanol–water partition coefficient (Wildman–Crippen LogP) is 3.76. The molecule has 0 aliphatic heterocycles. The molecule has 0 radical (unpaired) electrons. The van der Waals surface area contributed by atoms with E-state index in [2.05, 4.69) is 31.5 Å². The second kappa shape index (κ2) is 8.59. The van der Waals surface area contributed by atoms with Crippen molar-refractivity contribution >= 4 is 45.0 Å². The molecule has 1 aromatic carbocycles. The van der Waals surface area contributed by atoms with Crippen molar-refractivity contribution in [3.63, 3.8) is 0 Å². The van der Waals surface area contributed by atoms with E-state index in [1.54, 1.807) is 36.5 Å². The van der Waals surface area contributed by atoms with E-state index in [0.29, 0.717) is 18.0 Å². The Labute approximate surface area is 148 Å². The maximum Gasteiger partial charge on any atom is 0.257 e. The fourth-order valence-corrected chi connectivity index (χ4v) is 2.13. The highest BCUT2D eigenvalue weighted by atomic mass is 79.9. The standard InChI is InChI=1S/C16H16BrN3O2S/c1-2-9-22-13-6-3-11(4-7-13)15(21)20-16(23)19-14-8-5-12(17)10-18-14/h3-8,10H,2,9H2,1H3,(H2,18,19,20,21,23).